The van der Waals surface area contributed by atoms with E-state index in [1.165, 1.54) is 41.5 Å². The van der Waals surface area contributed by atoms with Crippen LogP contribution in [0.25, 0.3) is 11.1 Å². The number of carbonyl (C=O) groups excluding carboxylic acids is 2. The largest absolute Gasteiger partial charge is 0.465 e. The summed E-state index contributed by atoms with van der Waals surface area (Å²) in [6.07, 6.45) is 0. The minimum Gasteiger partial charge on any atom is -0.465 e. The Morgan fingerprint density at radius 3 is 2.65 bits per heavy atom. The summed E-state index contributed by atoms with van der Waals surface area (Å²) in [7, 11) is 1.33. The first kappa shape index (κ1) is 18.6. The highest BCUT2D eigenvalue weighted by Gasteiger charge is 2.22. The lowest BCUT2D eigenvalue weighted by atomic mass is 10.0. The molecule has 0 bridgehead atoms. The fourth-order valence-electron chi connectivity index (χ4n) is 2.21. The Hall–Kier alpha value is -2.23. The maximum atomic E-state index is 12.3. The second-order valence-electron chi connectivity index (χ2n) is 5.13. The van der Waals surface area contributed by atoms with Gasteiger partial charge in [-0.2, -0.15) is 0 Å². The Kier molecular flexibility index (Phi) is 6.02. The van der Waals surface area contributed by atoms with Crippen molar-refractivity contribution >= 4 is 51.3 Å². The van der Waals surface area contributed by atoms with Gasteiger partial charge in [-0.1, -0.05) is 53.4 Å². The van der Waals surface area contributed by atoms with E-state index in [9.17, 15) is 9.59 Å². The molecule has 0 atom stereocenters. The number of hydrogen-bond donors (Lipinski definition) is 1. The number of aromatic nitrogens is 2. The molecule has 0 aliphatic carbocycles. The van der Waals surface area contributed by atoms with Gasteiger partial charge < -0.3 is 10.1 Å². The number of nitrogens with zero attached hydrogens (tertiary/aromatic N) is 2. The molecule has 3 rings (SSSR count). The van der Waals surface area contributed by atoms with Gasteiger partial charge >= 0.3 is 5.97 Å². The van der Waals surface area contributed by atoms with Crippen molar-refractivity contribution in [3.63, 3.8) is 0 Å². The van der Waals surface area contributed by atoms with Gasteiger partial charge in [0.05, 0.1) is 12.9 Å². The molecule has 134 valence electrons. The molecule has 9 heteroatoms. The molecule has 0 radical (unpaired) electrons. The van der Waals surface area contributed by atoms with Crippen LogP contribution < -0.4 is 5.32 Å². The van der Waals surface area contributed by atoms with Crippen LogP contribution in [0, 0.1) is 6.92 Å². The summed E-state index contributed by atoms with van der Waals surface area (Å²) in [5, 5.41) is 13.9. The SMILES string of the molecule is COC(=O)c1c(-c2ccccc2)csc1NC(=O)CSc1nnc(C)s1. The Morgan fingerprint density at radius 2 is 2.00 bits per heavy atom. The smallest absolute Gasteiger partial charge is 0.341 e. The predicted molar refractivity (Wildman–Crippen MR) is 105 cm³/mol. The number of thioether (sulfide) groups is 1. The van der Waals surface area contributed by atoms with Crippen LogP contribution in [0.4, 0.5) is 5.00 Å². The highest BCUT2D eigenvalue weighted by atomic mass is 32.2. The molecule has 0 spiro atoms. The monoisotopic (exact) mass is 405 g/mol. The molecule has 0 saturated heterocycles. The molecule has 0 saturated carbocycles. The molecule has 6 nitrogen and oxygen atoms in total. The van der Waals surface area contributed by atoms with Crippen molar-refractivity contribution in [3.05, 3.63) is 46.3 Å². The van der Waals surface area contributed by atoms with E-state index in [0.29, 0.717) is 10.6 Å². The number of rotatable bonds is 6. The van der Waals surface area contributed by atoms with Crippen molar-refractivity contribution < 1.29 is 14.3 Å². The average molecular weight is 406 g/mol. The number of esters is 1. The fourth-order valence-corrected chi connectivity index (χ4v) is 4.80. The maximum Gasteiger partial charge on any atom is 0.341 e. The number of nitrogens with one attached hydrogen (secondary N) is 1. The van der Waals surface area contributed by atoms with Crippen LogP contribution in [0.15, 0.2) is 40.1 Å². The van der Waals surface area contributed by atoms with E-state index >= 15 is 0 Å². The lowest BCUT2D eigenvalue weighted by Gasteiger charge is -2.07. The number of amides is 1. The average Bonchev–Trinajstić information content (AvgIpc) is 3.26. The zero-order valence-electron chi connectivity index (χ0n) is 14.0. The van der Waals surface area contributed by atoms with Gasteiger partial charge in [-0.3, -0.25) is 4.79 Å². The molecule has 2 aromatic heterocycles. The lowest BCUT2D eigenvalue weighted by molar-refractivity contribution is -0.113. The summed E-state index contributed by atoms with van der Waals surface area (Å²) >= 11 is 4.05. The van der Waals surface area contributed by atoms with Crippen LogP contribution in [-0.4, -0.2) is 34.9 Å². The number of thiophene rings is 1. The topological polar surface area (TPSA) is 81.2 Å². The van der Waals surface area contributed by atoms with Crippen molar-refractivity contribution in [1.29, 1.82) is 0 Å². The second kappa shape index (κ2) is 8.43. The van der Waals surface area contributed by atoms with Crippen LogP contribution >= 0.6 is 34.4 Å². The van der Waals surface area contributed by atoms with Crippen molar-refractivity contribution in [3.8, 4) is 11.1 Å². The van der Waals surface area contributed by atoms with Gasteiger partial charge in [-0.15, -0.1) is 21.5 Å². The molecule has 1 amide bonds. The molecule has 0 fully saturated rings. The van der Waals surface area contributed by atoms with Crippen molar-refractivity contribution in [1.82, 2.24) is 10.2 Å². The zero-order chi connectivity index (χ0) is 18.5. The quantitative estimate of drug-likeness (QED) is 0.491. The van der Waals surface area contributed by atoms with E-state index in [1.54, 1.807) is 0 Å². The van der Waals surface area contributed by atoms with Gasteiger partial charge in [-0.05, 0) is 12.5 Å². The van der Waals surface area contributed by atoms with E-state index in [2.05, 4.69) is 15.5 Å². The summed E-state index contributed by atoms with van der Waals surface area (Å²) < 4.78 is 5.64. The van der Waals surface area contributed by atoms with Crippen LogP contribution in [0.1, 0.15) is 15.4 Å². The number of carbonyl (C=O) groups is 2. The number of ether oxygens (including phenoxy) is 1. The van der Waals surface area contributed by atoms with Crippen molar-refractivity contribution in [2.45, 2.75) is 11.3 Å². The third kappa shape index (κ3) is 4.29. The van der Waals surface area contributed by atoms with Gasteiger partial charge in [0, 0.05) is 10.9 Å². The molecule has 1 aromatic carbocycles. The number of anilines is 1. The predicted octanol–water partition coefficient (Wildman–Crippen LogP) is 4.09. The highest BCUT2D eigenvalue weighted by molar-refractivity contribution is 8.01. The van der Waals surface area contributed by atoms with Gasteiger partial charge in [0.25, 0.3) is 0 Å². The minimum absolute atomic E-state index is 0.188. The molecule has 3 aromatic rings. The fraction of sp³-hybridized carbons (Fsp3) is 0.176. The third-order valence-corrected chi connectivity index (χ3v) is 6.22. The lowest BCUT2D eigenvalue weighted by Crippen LogP contribution is -2.15. The molecule has 26 heavy (non-hydrogen) atoms. The standard InChI is InChI=1S/C17H15N3O3S3/c1-10-19-20-17(26-10)25-9-13(21)18-15-14(16(22)23-2)12(8-24-15)11-6-4-3-5-7-11/h3-8H,9H2,1-2H3,(H,18,21). The number of hydrogen-bond acceptors (Lipinski definition) is 8. The first-order valence-corrected chi connectivity index (χ1v) is 10.2. The molecule has 2 heterocycles. The van der Waals surface area contributed by atoms with Crippen molar-refractivity contribution in [2.24, 2.45) is 0 Å². The summed E-state index contributed by atoms with van der Waals surface area (Å²) in [6.45, 7) is 1.86. The number of aryl methyl sites for hydroxylation is 1. The molecule has 0 aliphatic rings. The summed E-state index contributed by atoms with van der Waals surface area (Å²) in [6, 6.07) is 9.52. The third-order valence-electron chi connectivity index (χ3n) is 3.35. The normalized spacial score (nSPS) is 10.5. The van der Waals surface area contributed by atoms with E-state index in [1.807, 2.05) is 42.6 Å². The van der Waals surface area contributed by atoms with E-state index < -0.39 is 5.97 Å². The van der Waals surface area contributed by atoms with Gasteiger partial charge in [0.2, 0.25) is 5.91 Å². The Bertz CT molecular complexity index is 922. The van der Waals surface area contributed by atoms with Crippen LogP contribution in [0.2, 0.25) is 0 Å². The first-order chi connectivity index (χ1) is 12.6. The second-order valence-corrected chi connectivity index (χ2v) is 8.42. The highest BCUT2D eigenvalue weighted by Crippen LogP contribution is 2.36. The molecule has 0 unspecified atom stereocenters. The molecular formula is C17H15N3O3S3. The summed E-state index contributed by atoms with van der Waals surface area (Å²) in [5.41, 5.74) is 2.00. The van der Waals surface area contributed by atoms with E-state index in [-0.39, 0.29) is 11.7 Å². The van der Waals surface area contributed by atoms with Gasteiger partial charge in [0.15, 0.2) is 4.34 Å². The van der Waals surface area contributed by atoms with Crippen LogP contribution in [0.5, 0.6) is 0 Å². The Morgan fingerprint density at radius 1 is 1.23 bits per heavy atom. The van der Waals surface area contributed by atoms with Crippen LogP contribution in [-0.2, 0) is 9.53 Å². The Labute approximate surface area is 162 Å². The van der Waals surface area contributed by atoms with E-state index in [4.69, 9.17) is 4.74 Å². The summed E-state index contributed by atoms with van der Waals surface area (Å²) in [4.78, 5) is 24.5. The number of methoxy groups -OCH3 is 1. The van der Waals surface area contributed by atoms with Gasteiger partial charge in [0.1, 0.15) is 15.6 Å². The first-order valence-electron chi connectivity index (χ1n) is 7.56. The van der Waals surface area contributed by atoms with Crippen molar-refractivity contribution in [2.75, 3.05) is 18.2 Å². The Balaban J connectivity index is 1.77. The van der Waals surface area contributed by atoms with Gasteiger partial charge in [-0.25, -0.2) is 4.79 Å². The minimum atomic E-state index is -0.479. The zero-order valence-corrected chi connectivity index (χ0v) is 16.5. The molecule has 0 aliphatic heterocycles. The van der Waals surface area contributed by atoms with Crippen LogP contribution in [0.3, 0.4) is 0 Å². The van der Waals surface area contributed by atoms with E-state index in [0.717, 1.165) is 20.5 Å². The number of benzene rings is 1. The maximum absolute atomic E-state index is 12.3. The molecule has 1 N–H and O–H groups in total. The molecular weight excluding hydrogens is 390 g/mol. The summed E-state index contributed by atoms with van der Waals surface area (Å²) in [5.74, 6) is -0.504.